The van der Waals surface area contributed by atoms with E-state index in [-0.39, 0.29) is 36.2 Å². The molecule has 3 atom stereocenters. The number of aliphatic hydroxyl groups is 1. The average molecular weight is 752 g/mol. The molecule has 2 aromatic carbocycles. The topological polar surface area (TPSA) is 143 Å². The fourth-order valence-electron chi connectivity index (χ4n) is 4.68. The molecule has 0 spiro atoms. The van der Waals surface area contributed by atoms with Crippen molar-refractivity contribution in [3.8, 4) is 0 Å². The molecule has 2 N–H and O–H groups in total. The number of ether oxygens (including phenoxy) is 2. The summed E-state index contributed by atoms with van der Waals surface area (Å²) in [6, 6.07) is 15.6. The van der Waals surface area contributed by atoms with Crippen molar-refractivity contribution >= 4 is 61.6 Å². The Balaban J connectivity index is 0.000000191. The highest BCUT2D eigenvalue weighted by atomic mass is 79.9. The Morgan fingerprint density at radius 3 is 1.93 bits per heavy atom. The molecule has 0 radical (unpaired) electrons. The minimum atomic E-state index is -1.08. The summed E-state index contributed by atoms with van der Waals surface area (Å²) in [7, 11) is 0. The predicted octanol–water partition coefficient (Wildman–Crippen LogP) is 6.25. The van der Waals surface area contributed by atoms with Gasteiger partial charge in [0.2, 0.25) is 23.6 Å². The maximum absolute atomic E-state index is 11.7. The van der Waals surface area contributed by atoms with Gasteiger partial charge in [0.15, 0.2) is 0 Å². The molecule has 3 heterocycles. The van der Waals surface area contributed by atoms with E-state index in [2.05, 4.69) is 56.2 Å². The molecule has 12 heteroatoms. The van der Waals surface area contributed by atoms with Crippen LogP contribution in [0.2, 0.25) is 0 Å². The molecule has 10 nitrogen and oxygen atoms in total. The van der Waals surface area contributed by atoms with E-state index >= 15 is 0 Å². The van der Waals surface area contributed by atoms with Crippen molar-refractivity contribution in [3.63, 3.8) is 0 Å². The van der Waals surface area contributed by atoms with Gasteiger partial charge >= 0.3 is 6.09 Å². The molecule has 3 aliphatic heterocycles. The molecule has 3 unspecified atom stereocenters. The van der Waals surface area contributed by atoms with Crippen molar-refractivity contribution in [2.24, 2.45) is 5.92 Å². The summed E-state index contributed by atoms with van der Waals surface area (Å²) in [6.45, 7) is 9.71. The number of nitrogens with zero attached hydrogens (tertiary/aromatic N) is 1. The third-order valence-electron chi connectivity index (χ3n) is 7.35. The van der Waals surface area contributed by atoms with E-state index in [1.54, 1.807) is 27.7 Å². The van der Waals surface area contributed by atoms with Gasteiger partial charge in [0, 0.05) is 34.1 Å². The molecule has 0 aromatic heterocycles. The zero-order chi connectivity index (χ0) is 33.6. The fraction of sp³-hybridized carbons (Fsp3) is 0.485. The van der Waals surface area contributed by atoms with Crippen LogP contribution in [0, 0.1) is 5.92 Å². The standard InChI is InChI=1S/C14H16BrNO3.C10H15NO4.C9H9BrO/c1-14(19,10-3-5-11(15)6-4-10)8-9-2-7-12(17)16-13(9)18;1-10(2,3)15-9(14)11-7(12)5-4-6-8(11)13;1-9(6-11-9)7-2-4-8(10)5-3-7/h3-6,9,19H,2,7-8H2,1H3,(H,16,17,18);4-6H2,1-3H3;2-5H,6H2,1H3. The van der Waals surface area contributed by atoms with E-state index in [1.165, 1.54) is 5.56 Å². The molecular weight excluding hydrogens is 712 g/mol. The molecule has 0 bridgehead atoms. The van der Waals surface area contributed by atoms with Crippen molar-refractivity contribution in [2.75, 3.05) is 6.61 Å². The molecule has 2 aromatic rings. The van der Waals surface area contributed by atoms with E-state index < -0.39 is 29.1 Å². The first-order valence-electron chi connectivity index (χ1n) is 14.7. The second-order valence-corrected chi connectivity index (χ2v) is 14.4. The minimum absolute atomic E-state index is 0.0146. The Kier molecular flexibility index (Phi) is 12.3. The smallest absolute Gasteiger partial charge is 0.424 e. The highest BCUT2D eigenvalue weighted by Crippen LogP contribution is 2.38. The number of carbonyl (C=O) groups is 5. The van der Waals surface area contributed by atoms with Crippen molar-refractivity contribution < 1.29 is 38.6 Å². The quantitative estimate of drug-likeness (QED) is 0.276. The van der Waals surface area contributed by atoms with E-state index in [9.17, 15) is 29.1 Å². The second kappa shape index (κ2) is 15.1. The van der Waals surface area contributed by atoms with Crippen molar-refractivity contribution in [1.82, 2.24) is 10.2 Å². The normalized spacial score (nSPS) is 22.6. The van der Waals surface area contributed by atoms with Crippen LogP contribution in [0.5, 0.6) is 0 Å². The number of carbonyl (C=O) groups excluding carboxylic acids is 5. The molecule has 5 rings (SSSR count). The molecule has 0 saturated carbocycles. The van der Waals surface area contributed by atoms with Crippen LogP contribution in [-0.4, -0.2) is 51.9 Å². The molecule has 244 valence electrons. The maximum atomic E-state index is 11.7. The monoisotopic (exact) mass is 750 g/mol. The number of hydrogen-bond donors (Lipinski definition) is 2. The highest BCUT2D eigenvalue weighted by Gasteiger charge is 2.41. The SMILES string of the molecule is CC(C)(C)OC(=O)N1C(=O)CCCC1=O.CC(O)(CC1CCC(=O)NC1=O)c1ccc(Br)cc1.CC1(c2ccc(Br)cc2)CO1. The molecule has 3 fully saturated rings. The number of imide groups is 4. The van der Waals surface area contributed by atoms with Crippen LogP contribution < -0.4 is 5.32 Å². The zero-order valence-electron chi connectivity index (χ0n) is 26.2. The van der Waals surface area contributed by atoms with Gasteiger partial charge in [-0.3, -0.25) is 24.5 Å². The number of halogens is 2. The van der Waals surface area contributed by atoms with Gasteiger partial charge in [0.05, 0.1) is 12.2 Å². The van der Waals surface area contributed by atoms with Gasteiger partial charge < -0.3 is 14.6 Å². The minimum Gasteiger partial charge on any atom is -0.443 e. The van der Waals surface area contributed by atoms with Gasteiger partial charge in [-0.2, -0.15) is 4.90 Å². The van der Waals surface area contributed by atoms with Gasteiger partial charge in [0.25, 0.3) is 0 Å². The van der Waals surface area contributed by atoms with Crippen LogP contribution in [0.4, 0.5) is 4.79 Å². The number of epoxide rings is 1. The van der Waals surface area contributed by atoms with Crippen LogP contribution in [0.15, 0.2) is 57.5 Å². The van der Waals surface area contributed by atoms with Gasteiger partial charge in [0.1, 0.15) is 11.2 Å². The van der Waals surface area contributed by atoms with E-state index in [0.717, 1.165) is 21.1 Å². The first kappa shape index (κ1) is 36.5. The van der Waals surface area contributed by atoms with Crippen molar-refractivity contribution in [1.29, 1.82) is 0 Å². The van der Waals surface area contributed by atoms with Gasteiger partial charge in [-0.1, -0.05) is 56.1 Å². The molecular formula is C33H40Br2N2O8. The van der Waals surface area contributed by atoms with Crippen LogP contribution in [0.25, 0.3) is 0 Å². The number of benzene rings is 2. The Morgan fingerprint density at radius 2 is 1.47 bits per heavy atom. The fourth-order valence-corrected chi connectivity index (χ4v) is 5.21. The lowest BCUT2D eigenvalue weighted by Gasteiger charge is -2.30. The molecule has 45 heavy (non-hydrogen) atoms. The lowest BCUT2D eigenvalue weighted by atomic mass is 9.82. The van der Waals surface area contributed by atoms with Crippen LogP contribution in [0.1, 0.15) is 84.3 Å². The Hall–Kier alpha value is -2.93. The summed E-state index contributed by atoms with van der Waals surface area (Å²) in [5.74, 6) is -1.78. The molecule has 3 aliphatic rings. The third kappa shape index (κ3) is 11.1. The number of likely N-dealkylation sites (tertiary alicyclic amines) is 1. The first-order chi connectivity index (χ1) is 20.9. The van der Waals surface area contributed by atoms with Crippen LogP contribution >= 0.6 is 31.9 Å². The van der Waals surface area contributed by atoms with E-state index in [4.69, 9.17) is 9.47 Å². The summed E-state index contributed by atoms with van der Waals surface area (Å²) in [6.07, 6.45) is 1.25. The molecule has 5 amide bonds. The van der Waals surface area contributed by atoms with E-state index in [0.29, 0.717) is 30.6 Å². The molecule has 3 saturated heterocycles. The number of hydrogen-bond acceptors (Lipinski definition) is 8. The van der Waals surface area contributed by atoms with Crippen LogP contribution in [-0.2, 0) is 39.9 Å². The summed E-state index contributed by atoms with van der Waals surface area (Å²) in [4.78, 5) is 57.6. The highest BCUT2D eigenvalue weighted by molar-refractivity contribution is 9.10. The first-order valence-corrected chi connectivity index (χ1v) is 16.3. The van der Waals surface area contributed by atoms with Gasteiger partial charge in [-0.05, 0) is 89.3 Å². The number of nitrogens with one attached hydrogen (secondary N) is 1. The Bertz CT molecular complexity index is 1380. The number of piperidine rings is 2. The number of amides is 5. The van der Waals surface area contributed by atoms with E-state index in [1.807, 2.05) is 36.4 Å². The summed E-state index contributed by atoms with van der Waals surface area (Å²) in [5.41, 5.74) is 0.264. The van der Waals surface area contributed by atoms with Gasteiger partial charge in [-0.15, -0.1) is 0 Å². The predicted molar refractivity (Wildman–Crippen MR) is 174 cm³/mol. The van der Waals surface area contributed by atoms with Gasteiger partial charge in [-0.25, -0.2) is 4.79 Å². The summed E-state index contributed by atoms with van der Waals surface area (Å²) >= 11 is 6.74. The van der Waals surface area contributed by atoms with Crippen molar-refractivity contribution in [2.45, 2.75) is 89.9 Å². The summed E-state index contributed by atoms with van der Waals surface area (Å²) < 4.78 is 12.3. The largest absolute Gasteiger partial charge is 0.443 e. The van der Waals surface area contributed by atoms with Crippen molar-refractivity contribution in [3.05, 3.63) is 68.6 Å². The van der Waals surface area contributed by atoms with Crippen LogP contribution in [0.3, 0.4) is 0 Å². The molecule has 0 aliphatic carbocycles. The summed E-state index contributed by atoms with van der Waals surface area (Å²) in [5, 5.41) is 12.8. The number of rotatable bonds is 4. The second-order valence-electron chi connectivity index (χ2n) is 12.6. The Labute approximate surface area is 280 Å². The maximum Gasteiger partial charge on any atom is 0.424 e. The Morgan fingerprint density at radius 1 is 0.956 bits per heavy atom. The zero-order valence-corrected chi connectivity index (χ0v) is 29.3. The lowest BCUT2D eigenvalue weighted by Crippen LogP contribution is -2.46. The third-order valence-corrected chi connectivity index (χ3v) is 8.41. The lowest BCUT2D eigenvalue weighted by molar-refractivity contribution is -0.146. The average Bonchev–Trinajstić information content (AvgIpc) is 3.69.